The quantitative estimate of drug-likeness (QED) is 0.883. The Kier molecular flexibility index (Phi) is 5.42. The van der Waals surface area contributed by atoms with E-state index in [4.69, 9.17) is 4.74 Å². The normalized spacial score (nSPS) is 10.4. The highest BCUT2D eigenvalue weighted by molar-refractivity contribution is 5.80. The molecule has 0 fully saturated rings. The lowest BCUT2D eigenvalue weighted by Crippen LogP contribution is -2.37. The molecule has 0 aromatic heterocycles. The Morgan fingerprint density at radius 1 is 1.05 bits per heavy atom. The summed E-state index contributed by atoms with van der Waals surface area (Å²) < 4.78 is 5.73. The van der Waals surface area contributed by atoms with E-state index >= 15 is 0 Å². The maximum absolute atomic E-state index is 11.9. The van der Waals surface area contributed by atoms with E-state index in [1.54, 1.807) is 4.90 Å². The molecule has 0 saturated carbocycles. The van der Waals surface area contributed by atoms with E-state index in [1.807, 2.05) is 75.5 Å². The van der Waals surface area contributed by atoms with Crippen molar-refractivity contribution < 1.29 is 9.53 Å². The minimum absolute atomic E-state index is 0.0691. The fraction of sp³-hybridized carbons (Fsp3) is 0.278. The van der Waals surface area contributed by atoms with E-state index in [0.717, 1.165) is 17.2 Å². The summed E-state index contributed by atoms with van der Waals surface area (Å²) in [4.78, 5) is 13.6. The molecule has 1 N–H and O–H groups in total. The van der Waals surface area contributed by atoms with Gasteiger partial charge in [0.15, 0.2) is 0 Å². The van der Waals surface area contributed by atoms with Crippen molar-refractivity contribution in [3.05, 3.63) is 54.6 Å². The van der Waals surface area contributed by atoms with Crippen LogP contribution < -0.4 is 10.1 Å². The summed E-state index contributed by atoms with van der Waals surface area (Å²) in [7, 11) is 1.81. The molecule has 1 amide bonds. The fourth-order valence-electron chi connectivity index (χ4n) is 1.86. The van der Waals surface area contributed by atoms with Crippen molar-refractivity contribution in [1.82, 2.24) is 4.90 Å². The molecular formula is C18H22N2O2. The molecule has 0 spiro atoms. The number of benzene rings is 2. The van der Waals surface area contributed by atoms with Crippen molar-refractivity contribution >= 4 is 11.6 Å². The number of hydrogen-bond acceptors (Lipinski definition) is 3. The van der Waals surface area contributed by atoms with Gasteiger partial charge in [-0.15, -0.1) is 0 Å². The van der Waals surface area contributed by atoms with Crippen LogP contribution in [0.2, 0.25) is 0 Å². The molecule has 0 aliphatic heterocycles. The topological polar surface area (TPSA) is 41.6 Å². The van der Waals surface area contributed by atoms with Crippen LogP contribution in [0.5, 0.6) is 11.5 Å². The van der Waals surface area contributed by atoms with E-state index in [9.17, 15) is 4.79 Å². The third kappa shape index (κ3) is 4.52. The van der Waals surface area contributed by atoms with E-state index in [2.05, 4.69) is 5.32 Å². The number of carbonyl (C=O) groups excluding carboxylic acids is 1. The fourth-order valence-corrected chi connectivity index (χ4v) is 1.86. The number of rotatable bonds is 6. The Bertz CT molecular complexity index is 594. The van der Waals surface area contributed by atoms with Gasteiger partial charge >= 0.3 is 0 Å². The van der Waals surface area contributed by atoms with E-state index in [0.29, 0.717) is 0 Å². The molecule has 116 valence electrons. The highest BCUT2D eigenvalue weighted by Gasteiger charge is 2.11. The number of carbonyl (C=O) groups is 1. The lowest BCUT2D eigenvalue weighted by molar-refractivity contribution is -0.129. The second kappa shape index (κ2) is 7.50. The second-order valence-electron chi connectivity index (χ2n) is 5.39. The summed E-state index contributed by atoms with van der Waals surface area (Å²) in [5.74, 6) is 1.64. The molecule has 0 radical (unpaired) electrons. The van der Waals surface area contributed by atoms with Gasteiger partial charge in [-0.1, -0.05) is 18.2 Å². The molecule has 0 aliphatic rings. The zero-order chi connectivity index (χ0) is 15.9. The van der Waals surface area contributed by atoms with Crippen LogP contribution in [0.4, 0.5) is 5.69 Å². The zero-order valence-electron chi connectivity index (χ0n) is 13.2. The van der Waals surface area contributed by atoms with Gasteiger partial charge in [0, 0.05) is 18.8 Å². The summed E-state index contributed by atoms with van der Waals surface area (Å²) >= 11 is 0. The summed E-state index contributed by atoms with van der Waals surface area (Å²) in [6.07, 6.45) is 0. The number of anilines is 1. The average Bonchev–Trinajstić information content (AvgIpc) is 2.54. The van der Waals surface area contributed by atoms with E-state index in [1.165, 1.54) is 0 Å². The molecule has 0 saturated heterocycles. The zero-order valence-corrected chi connectivity index (χ0v) is 13.2. The maximum atomic E-state index is 11.9. The van der Waals surface area contributed by atoms with Gasteiger partial charge in [-0.2, -0.15) is 0 Å². The van der Waals surface area contributed by atoms with Gasteiger partial charge in [0.1, 0.15) is 11.5 Å². The number of nitrogens with one attached hydrogen (secondary N) is 1. The van der Waals surface area contributed by atoms with Gasteiger partial charge in [0.2, 0.25) is 5.91 Å². The van der Waals surface area contributed by atoms with Crippen molar-refractivity contribution in [2.24, 2.45) is 0 Å². The number of likely N-dealkylation sites (N-methyl/N-ethyl adjacent to an activating group) is 1. The Hall–Kier alpha value is -2.49. The van der Waals surface area contributed by atoms with Gasteiger partial charge in [-0.25, -0.2) is 0 Å². The summed E-state index contributed by atoms with van der Waals surface area (Å²) in [6, 6.07) is 17.4. The summed E-state index contributed by atoms with van der Waals surface area (Å²) in [5.41, 5.74) is 0.894. The van der Waals surface area contributed by atoms with Crippen LogP contribution in [-0.4, -0.2) is 30.4 Å². The van der Waals surface area contributed by atoms with Crippen LogP contribution in [0.15, 0.2) is 54.6 Å². The van der Waals surface area contributed by atoms with Crippen molar-refractivity contribution in [3.63, 3.8) is 0 Å². The van der Waals surface area contributed by atoms with Crippen molar-refractivity contribution in [2.45, 2.75) is 19.9 Å². The SMILES string of the molecule is CC(C)N(C)C(=O)CNc1ccc(Oc2ccccc2)cc1. The van der Waals surface area contributed by atoms with Gasteiger partial charge in [-0.05, 0) is 50.2 Å². The maximum Gasteiger partial charge on any atom is 0.241 e. The first-order valence-corrected chi connectivity index (χ1v) is 7.39. The van der Waals surface area contributed by atoms with Gasteiger partial charge in [-0.3, -0.25) is 4.79 Å². The molecule has 0 bridgehead atoms. The summed E-state index contributed by atoms with van der Waals surface area (Å²) in [5, 5.41) is 3.12. The predicted octanol–water partition coefficient (Wildman–Crippen LogP) is 3.76. The number of amides is 1. The molecule has 2 aromatic carbocycles. The Labute approximate surface area is 131 Å². The third-order valence-electron chi connectivity index (χ3n) is 3.44. The molecule has 2 aromatic rings. The minimum Gasteiger partial charge on any atom is -0.457 e. The molecule has 4 heteroatoms. The van der Waals surface area contributed by atoms with Crippen LogP contribution >= 0.6 is 0 Å². The Balaban J connectivity index is 1.88. The van der Waals surface area contributed by atoms with Gasteiger partial charge in [0.05, 0.1) is 6.54 Å². The third-order valence-corrected chi connectivity index (χ3v) is 3.44. The smallest absolute Gasteiger partial charge is 0.241 e. The van der Waals surface area contributed by atoms with Crippen molar-refractivity contribution in [2.75, 3.05) is 18.9 Å². The van der Waals surface area contributed by atoms with Crippen LogP contribution in [0.25, 0.3) is 0 Å². The average molecular weight is 298 g/mol. The summed E-state index contributed by atoms with van der Waals surface area (Å²) in [6.45, 7) is 4.27. The lowest BCUT2D eigenvalue weighted by atomic mass is 10.3. The predicted molar refractivity (Wildman–Crippen MR) is 89.4 cm³/mol. The first-order chi connectivity index (χ1) is 10.6. The number of para-hydroxylation sites is 1. The first kappa shape index (κ1) is 15.9. The van der Waals surface area contributed by atoms with Crippen LogP contribution in [-0.2, 0) is 4.79 Å². The Morgan fingerprint density at radius 3 is 2.23 bits per heavy atom. The molecule has 0 aliphatic carbocycles. The standard InChI is InChI=1S/C18H22N2O2/c1-14(2)20(3)18(21)13-19-15-9-11-17(12-10-15)22-16-7-5-4-6-8-16/h4-12,14,19H,13H2,1-3H3. The lowest BCUT2D eigenvalue weighted by Gasteiger charge is -2.21. The molecule has 2 rings (SSSR count). The molecule has 0 unspecified atom stereocenters. The van der Waals surface area contributed by atoms with E-state index in [-0.39, 0.29) is 18.5 Å². The van der Waals surface area contributed by atoms with Crippen LogP contribution in [0.3, 0.4) is 0 Å². The van der Waals surface area contributed by atoms with Crippen molar-refractivity contribution in [3.8, 4) is 11.5 Å². The number of hydrogen-bond donors (Lipinski definition) is 1. The molecule has 0 heterocycles. The highest BCUT2D eigenvalue weighted by Crippen LogP contribution is 2.22. The molecular weight excluding hydrogens is 276 g/mol. The molecule has 22 heavy (non-hydrogen) atoms. The number of nitrogens with zero attached hydrogens (tertiary/aromatic N) is 1. The van der Waals surface area contributed by atoms with Crippen molar-refractivity contribution in [1.29, 1.82) is 0 Å². The Morgan fingerprint density at radius 2 is 1.64 bits per heavy atom. The van der Waals surface area contributed by atoms with Gasteiger partial charge < -0.3 is 15.0 Å². The molecule has 0 atom stereocenters. The van der Waals surface area contributed by atoms with Crippen LogP contribution in [0.1, 0.15) is 13.8 Å². The van der Waals surface area contributed by atoms with Gasteiger partial charge in [0.25, 0.3) is 0 Å². The largest absolute Gasteiger partial charge is 0.457 e. The second-order valence-corrected chi connectivity index (χ2v) is 5.39. The first-order valence-electron chi connectivity index (χ1n) is 7.39. The molecule has 4 nitrogen and oxygen atoms in total. The highest BCUT2D eigenvalue weighted by atomic mass is 16.5. The minimum atomic E-state index is 0.0691. The van der Waals surface area contributed by atoms with E-state index < -0.39 is 0 Å². The van der Waals surface area contributed by atoms with Crippen LogP contribution in [0, 0.1) is 0 Å². The monoisotopic (exact) mass is 298 g/mol. The number of ether oxygens (including phenoxy) is 1.